The molecule has 1 aromatic heterocycles. The van der Waals surface area contributed by atoms with Gasteiger partial charge < -0.3 is 9.80 Å². The van der Waals surface area contributed by atoms with Crippen LogP contribution in [0.1, 0.15) is 58.5 Å². The maximum Gasteiger partial charge on any atom is 0.254 e. The van der Waals surface area contributed by atoms with Gasteiger partial charge in [0.2, 0.25) is 5.91 Å². The average Bonchev–Trinajstić information content (AvgIpc) is 3.27. The molecule has 1 heterocycles. The van der Waals surface area contributed by atoms with Crippen molar-refractivity contribution in [2.75, 3.05) is 6.54 Å². The summed E-state index contributed by atoms with van der Waals surface area (Å²) in [6.45, 7) is 2.65. The fraction of sp³-hybridized carbons (Fsp3) is 0.357. The van der Waals surface area contributed by atoms with Crippen LogP contribution in [-0.4, -0.2) is 34.2 Å². The zero-order valence-corrected chi connectivity index (χ0v) is 20.7. The summed E-state index contributed by atoms with van der Waals surface area (Å²) < 4.78 is 27.3. The number of benzene rings is 2. The van der Waals surface area contributed by atoms with Crippen LogP contribution in [0.5, 0.6) is 0 Å². The SMILES string of the molecule is Cc1ccsc1CN(Cc1ccc(F)cc1)C(=O)CN(C(=O)c1cccc(F)c1)C1CCCCC1. The largest absolute Gasteiger partial charge is 0.332 e. The predicted molar refractivity (Wildman–Crippen MR) is 134 cm³/mol. The summed E-state index contributed by atoms with van der Waals surface area (Å²) >= 11 is 1.58. The van der Waals surface area contributed by atoms with E-state index in [0.717, 1.165) is 48.1 Å². The van der Waals surface area contributed by atoms with Gasteiger partial charge in [-0.25, -0.2) is 8.78 Å². The van der Waals surface area contributed by atoms with E-state index >= 15 is 0 Å². The number of amides is 2. The molecule has 0 unspecified atom stereocenters. The third kappa shape index (κ3) is 6.54. The molecular weight excluding hydrogens is 466 g/mol. The lowest BCUT2D eigenvalue weighted by Gasteiger charge is -2.35. The van der Waals surface area contributed by atoms with Gasteiger partial charge in [-0.2, -0.15) is 0 Å². The molecular formula is C28H30F2N2O2S. The molecule has 0 spiro atoms. The van der Waals surface area contributed by atoms with Crippen LogP contribution >= 0.6 is 11.3 Å². The molecule has 0 atom stereocenters. The Kier molecular flexibility index (Phi) is 8.29. The molecule has 0 N–H and O–H groups in total. The van der Waals surface area contributed by atoms with Gasteiger partial charge in [-0.1, -0.05) is 37.5 Å². The van der Waals surface area contributed by atoms with Crippen molar-refractivity contribution in [1.82, 2.24) is 9.80 Å². The number of carbonyl (C=O) groups is 2. The topological polar surface area (TPSA) is 40.6 Å². The van der Waals surface area contributed by atoms with Gasteiger partial charge in [0.25, 0.3) is 5.91 Å². The smallest absolute Gasteiger partial charge is 0.254 e. The zero-order chi connectivity index (χ0) is 24.8. The molecule has 0 aliphatic heterocycles. The number of thiophene rings is 1. The van der Waals surface area contributed by atoms with Gasteiger partial charge >= 0.3 is 0 Å². The highest BCUT2D eigenvalue weighted by molar-refractivity contribution is 7.10. The Morgan fingerprint density at radius 1 is 0.943 bits per heavy atom. The molecule has 1 fully saturated rings. The molecule has 1 aliphatic rings. The molecule has 0 bridgehead atoms. The number of halogens is 2. The van der Waals surface area contributed by atoms with E-state index in [9.17, 15) is 18.4 Å². The van der Waals surface area contributed by atoms with Gasteiger partial charge in [0.1, 0.15) is 18.2 Å². The van der Waals surface area contributed by atoms with E-state index in [1.807, 2.05) is 18.4 Å². The minimum absolute atomic E-state index is 0.0559. The van der Waals surface area contributed by atoms with Crippen LogP contribution in [0.4, 0.5) is 8.78 Å². The van der Waals surface area contributed by atoms with Gasteiger partial charge in [0.05, 0.1) is 6.54 Å². The fourth-order valence-electron chi connectivity index (χ4n) is 4.57. The Labute approximate surface area is 209 Å². The standard InChI is InChI=1S/C28H30F2N2O2S/c1-20-14-15-35-26(20)18-31(17-21-10-12-23(29)13-11-21)27(33)19-32(25-8-3-2-4-9-25)28(34)22-6-5-7-24(30)16-22/h5-7,10-16,25H,2-4,8-9,17-19H2,1H3. The van der Waals surface area contributed by atoms with Gasteiger partial charge in [-0.15, -0.1) is 11.3 Å². The quantitative estimate of drug-likeness (QED) is 0.365. The second-order valence-electron chi connectivity index (χ2n) is 9.14. The summed E-state index contributed by atoms with van der Waals surface area (Å²) in [6.07, 6.45) is 4.77. The molecule has 1 aliphatic carbocycles. The lowest BCUT2D eigenvalue weighted by atomic mass is 9.93. The van der Waals surface area contributed by atoms with Crippen LogP contribution in [0, 0.1) is 18.6 Å². The van der Waals surface area contributed by atoms with Crippen molar-refractivity contribution in [3.05, 3.63) is 93.2 Å². The first-order chi connectivity index (χ1) is 16.9. The highest BCUT2D eigenvalue weighted by atomic mass is 32.1. The summed E-state index contributed by atoms with van der Waals surface area (Å²) in [5.41, 5.74) is 2.17. The van der Waals surface area contributed by atoms with Crippen molar-refractivity contribution in [2.24, 2.45) is 0 Å². The molecule has 35 heavy (non-hydrogen) atoms. The average molecular weight is 497 g/mol. The molecule has 2 amide bonds. The number of hydrogen-bond donors (Lipinski definition) is 0. The summed E-state index contributed by atoms with van der Waals surface area (Å²) in [5.74, 6) is -1.31. The van der Waals surface area contributed by atoms with Crippen LogP contribution in [0.3, 0.4) is 0 Å². The van der Waals surface area contributed by atoms with E-state index < -0.39 is 5.82 Å². The lowest BCUT2D eigenvalue weighted by molar-refractivity contribution is -0.133. The predicted octanol–water partition coefficient (Wildman–Crippen LogP) is 6.34. The maximum atomic E-state index is 13.9. The van der Waals surface area contributed by atoms with Crippen molar-refractivity contribution in [3.8, 4) is 0 Å². The Morgan fingerprint density at radius 3 is 2.34 bits per heavy atom. The third-order valence-corrected chi connectivity index (χ3v) is 7.60. The molecule has 1 saturated carbocycles. The number of hydrogen-bond acceptors (Lipinski definition) is 3. The number of nitrogens with zero attached hydrogens (tertiary/aromatic N) is 2. The first-order valence-corrected chi connectivity index (χ1v) is 12.9. The van der Waals surface area contributed by atoms with E-state index in [0.29, 0.717) is 13.1 Å². The van der Waals surface area contributed by atoms with Gasteiger partial charge in [-0.3, -0.25) is 9.59 Å². The van der Waals surface area contributed by atoms with Crippen molar-refractivity contribution in [1.29, 1.82) is 0 Å². The first-order valence-electron chi connectivity index (χ1n) is 12.0. The Hall–Kier alpha value is -3.06. The molecule has 0 radical (unpaired) electrons. The molecule has 7 heteroatoms. The molecule has 2 aromatic carbocycles. The molecule has 184 valence electrons. The second-order valence-corrected chi connectivity index (χ2v) is 10.1. The fourth-order valence-corrected chi connectivity index (χ4v) is 5.50. The van der Waals surface area contributed by atoms with Gasteiger partial charge in [0.15, 0.2) is 0 Å². The van der Waals surface area contributed by atoms with Gasteiger partial charge in [-0.05, 0) is 72.7 Å². The minimum Gasteiger partial charge on any atom is -0.332 e. The monoisotopic (exact) mass is 496 g/mol. The second kappa shape index (κ2) is 11.6. The van der Waals surface area contributed by atoms with Crippen LogP contribution < -0.4 is 0 Å². The summed E-state index contributed by atoms with van der Waals surface area (Å²) in [4.78, 5) is 31.6. The van der Waals surface area contributed by atoms with Crippen molar-refractivity contribution in [3.63, 3.8) is 0 Å². The highest BCUT2D eigenvalue weighted by Crippen LogP contribution is 2.25. The van der Waals surface area contributed by atoms with E-state index in [4.69, 9.17) is 0 Å². The molecule has 4 nitrogen and oxygen atoms in total. The Morgan fingerprint density at radius 2 is 1.69 bits per heavy atom. The van der Waals surface area contributed by atoms with Crippen LogP contribution in [0.2, 0.25) is 0 Å². The van der Waals surface area contributed by atoms with E-state index in [1.54, 1.807) is 39.3 Å². The van der Waals surface area contributed by atoms with Crippen LogP contribution in [0.25, 0.3) is 0 Å². The Balaban J connectivity index is 1.59. The van der Waals surface area contributed by atoms with Crippen LogP contribution in [-0.2, 0) is 17.9 Å². The van der Waals surface area contributed by atoms with Crippen LogP contribution in [0.15, 0.2) is 60.0 Å². The van der Waals surface area contributed by atoms with E-state index in [-0.39, 0.29) is 35.8 Å². The summed E-state index contributed by atoms with van der Waals surface area (Å²) in [5, 5.41) is 1.99. The summed E-state index contributed by atoms with van der Waals surface area (Å²) in [6, 6.07) is 13.7. The van der Waals surface area contributed by atoms with E-state index in [2.05, 4.69) is 0 Å². The molecule has 3 aromatic rings. The van der Waals surface area contributed by atoms with Gasteiger partial charge in [0, 0.05) is 23.0 Å². The lowest BCUT2D eigenvalue weighted by Crippen LogP contribution is -2.48. The maximum absolute atomic E-state index is 13.9. The van der Waals surface area contributed by atoms with Crippen molar-refractivity contribution in [2.45, 2.75) is 58.2 Å². The number of rotatable bonds is 8. The minimum atomic E-state index is -0.475. The Bertz CT molecular complexity index is 1160. The van der Waals surface area contributed by atoms with Crippen molar-refractivity contribution < 1.29 is 18.4 Å². The zero-order valence-electron chi connectivity index (χ0n) is 19.9. The van der Waals surface area contributed by atoms with Crippen molar-refractivity contribution >= 4 is 23.2 Å². The molecule has 4 rings (SSSR count). The third-order valence-electron chi connectivity index (χ3n) is 6.60. The number of aryl methyl sites for hydroxylation is 1. The normalized spacial score (nSPS) is 14.0. The molecule has 0 saturated heterocycles. The first kappa shape index (κ1) is 25.0. The summed E-state index contributed by atoms with van der Waals surface area (Å²) in [7, 11) is 0. The van der Waals surface area contributed by atoms with E-state index in [1.165, 1.54) is 30.3 Å². The highest BCUT2D eigenvalue weighted by Gasteiger charge is 2.30. The number of carbonyl (C=O) groups excluding carboxylic acids is 2.